The predicted molar refractivity (Wildman–Crippen MR) is 127 cm³/mol. The van der Waals surface area contributed by atoms with E-state index in [9.17, 15) is 10.2 Å². The largest absolute Gasteiger partial charge is 0.394 e. The lowest BCUT2D eigenvalue weighted by Crippen LogP contribution is -2.55. The van der Waals surface area contributed by atoms with Crippen LogP contribution in [0.15, 0.2) is 12.2 Å². The van der Waals surface area contributed by atoms with Gasteiger partial charge in [0.2, 0.25) is 0 Å². The fourth-order valence-electron chi connectivity index (χ4n) is 4.19. The van der Waals surface area contributed by atoms with Gasteiger partial charge >= 0.3 is 0 Å². The molecule has 0 unspecified atom stereocenters. The van der Waals surface area contributed by atoms with E-state index in [4.69, 9.17) is 14.6 Å². The molecule has 0 aliphatic carbocycles. The summed E-state index contributed by atoms with van der Waals surface area (Å²) in [4.78, 5) is 0. The van der Waals surface area contributed by atoms with Crippen molar-refractivity contribution in [2.75, 3.05) is 19.8 Å². The van der Waals surface area contributed by atoms with E-state index in [1.807, 2.05) is 0 Å². The van der Waals surface area contributed by atoms with Gasteiger partial charge in [0.05, 0.1) is 19.8 Å². The molecule has 0 aromatic carbocycles. The maximum absolute atomic E-state index is 10.1. The van der Waals surface area contributed by atoms with Gasteiger partial charge in [-0.05, 0) is 19.3 Å². The summed E-state index contributed by atoms with van der Waals surface area (Å²) in [6.07, 6.45) is 22.4. The summed E-state index contributed by atoms with van der Waals surface area (Å²) in [5.74, 6) is 0. The number of allylic oxidation sites excluding steroid dienone is 1. The van der Waals surface area contributed by atoms with Crippen molar-refractivity contribution in [3.63, 3.8) is 0 Å². The fraction of sp³-hybridized carbons (Fsp3) is 0.923. The van der Waals surface area contributed by atoms with Gasteiger partial charge in [-0.1, -0.05) is 103 Å². The Hall–Kier alpha value is -0.460. The molecule has 1 aliphatic heterocycles. The highest BCUT2D eigenvalue weighted by Crippen LogP contribution is 2.19. The van der Waals surface area contributed by atoms with Crippen LogP contribution in [0.25, 0.3) is 0 Å². The summed E-state index contributed by atoms with van der Waals surface area (Å²) in [5.41, 5.74) is 0. The van der Waals surface area contributed by atoms with Crippen molar-refractivity contribution in [1.29, 1.82) is 0 Å². The summed E-state index contributed by atoms with van der Waals surface area (Å²) >= 11 is 0. The number of aliphatic hydroxyl groups excluding tert-OH is 3. The molecule has 5 heteroatoms. The average Bonchev–Trinajstić information content (AvgIpc) is 2.77. The van der Waals surface area contributed by atoms with Crippen molar-refractivity contribution >= 4 is 0 Å². The molecule has 0 spiro atoms. The topological polar surface area (TPSA) is 79.2 Å². The first-order valence-corrected chi connectivity index (χ1v) is 13.1. The molecule has 0 bridgehead atoms. The molecule has 1 aliphatic rings. The molecule has 0 radical (unpaired) electrons. The molecule has 1 fully saturated rings. The van der Waals surface area contributed by atoms with Crippen LogP contribution in [0.4, 0.5) is 0 Å². The lowest BCUT2D eigenvalue weighted by molar-refractivity contribution is -0.210. The Balaban J connectivity index is 1.84. The van der Waals surface area contributed by atoms with Gasteiger partial charge in [-0.2, -0.15) is 0 Å². The van der Waals surface area contributed by atoms with Gasteiger partial charge in [-0.15, -0.1) is 0 Å². The van der Waals surface area contributed by atoms with Crippen molar-refractivity contribution in [2.24, 2.45) is 0 Å². The van der Waals surface area contributed by atoms with Crippen LogP contribution in [-0.2, 0) is 9.47 Å². The third kappa shape index (κ3) is 14.3. The summed E-state index contributed by atoms with van der Waals surface area (Å²) in [6.45, 7) is 2.54. The van der Waals surface area contributed by atoms with Crippen LogP contribution in [0, 0.1) is 0 Å². The van der Waals surface area contributed by atoms with Crippen LogP contribution >= 0.6 is 0 Å². The Bertz CT molecular complexity index is 415. The molecule has 31 heavy (non-hydrogen) atoms. The maximum atomic E-state index is 10.1. The Morgan fingerprint density at radius 3 is 1.84 bits per heavy atom. The summed E-state index contributed by atoms with van der Waals surface area (Å²) in [5, 5.41) is 29.1. The zero-order valence-electron chi connectivity index (χ0n) is 20.1. The number of unbranched alkanes of at least 4 members (excludes halogenated alkanes) is 14. The van der Waals surface area contributed by atoms with Gasteiger partial charge < -0.3 is 24.8 Å². The SMILES string of the molecule is CCCCCCCCCCCCCCCC/C=C/CCO[C@H]1[C@H](O)[C@@H](CO)OC[C@@H]1O. The van der Waals surface area contributed by atoms with Crippen molar-refractivity contribution in [3.8, 4) is 0 Å². The van der Waals surface area contributed by atoms with Crippen LogP contribution in [0.1, 0.15) is 110 Å². The van der Waals surface area contributed by atoms with E-state index in [1.165, 1.54) is 89.9 Å². The van der Waals surface area contributed by atoms with Gasteiger partial charge in [0.15, 0.2) is 0 Å². The smallest absolute Gasteiger partial charge is 0.114 e. The number of rotatable bonds is 20. The zero-order valence-corrected chi connectivity index (χ0v) is 20.1. The first-order chi connectivity index (χ1) is 15.2. The number of aliphatic hydroxyl groups is 3. The first-order valence-electron chi connectivity index (χ1n) is 13.1. The van der Waals surface area contributed by atoms with E-state index >= 15 is 0 Å². The molecule has 3 N–H and O–H groups in total. The van der Waals surface area contributed by atoms with Crippen molar-refractivity contribution in [3.05, 3.63) is 12.2 Å². The number of hydrogen-bond donors (Lipinski definition) is 3. The maximum Gasteiger partial charge on any atom is 0.114 e. The van der Waals surface area contributed by atoms with E-state index in [1.54, 1.807) is 0 Å². The first kappa shape index (κ1) is 28.6. The summed E-state index contributed by atoms with van der Waals surface area (Å²) in [6, 6.07) is 0. The van der Waals surface area contributed by atoms with E-state index in [0.29, 0.717) is 6.61 Å². The molecule has 184 valence electrons. The van der Waals surface area contributed by atoms with Gasteiger partial charge in [-0.3, -0.25) is 0 Å². The van der Waals surface area contributed by atoms with Crippen molar-refractivity contribution < 1.29 is 24.8 Å². The molecule has 1 saturated heterocycles. The van der Waals surface area contributed by atoms with Crippen LogP contribution < -0.4 is 0 Å². The molecule has 0 amide bonds. The van der Waals surface area contributed by atoms with Gasteiger partial charge in [0, 0.05) is 0 Å². The second kappa shape index (κ2) is 20.2. The average molecular weight is 443 g/mol. The molecule has 0 aromatic heterocycles. The predicted octanol–water partition coefficient (Wildman–Crippen LogP) is 5.30. The highest BCUT2D eigenvalue weighted by atomic mass is 16.6. The van der Waals surface area contributed by atoms with Crippen LogP contribution in [0.2, 0.25) is 0 Å². The molecule has 5 nitrogen and oxygen atoms in total. The normalized spacial score (nSPS) is 24.3. The second-order valence-electron chi connectivity index (χ2n) is 9.09. The molecular weight excluding hydrogens is 392 g/mol. The Morgan fingerprint density at radius 2 is 1.29 bits per heavy atom. The minimum absolute atomic E-state index is 0.0852. The van der Waals surface area contributed by atoms with E-state index in [-0.39, 0.29) is 13.2 Å². The van der Waals surface area contributed by atoms with Gasteiger partial charge in [0.1, 0.15) is 24.4 Å². The highest BCUT2D eigenvalue weighted by Gasteiger charge is 2.38. The molecule has 0 aromatic rings. The zero-order chi connectivity index (χ0) is 22.6. The fourth-order valence-corrected chi connectivity index (χ4v) is 4.19. The molecule has 1 heterocycles. The molecule has 0 saturated carbocycles. The number of hydrogen-bond acceptors (Lipinski definition) is 5. The van der Waals surface area contributed by atoms with E-state index < -0.39 is 24.4 Å². The standard InChI is InChI=1S/C26H50O5/c1-2-3-4-5-6-7-8-9-10-11-12-13-14-15-16-17-18-19-20-30-26-23(28)22-31-24(21-27)25(26)29/h17-18,23-29H,2-16,19-22H2,1H3/b18-17+/t23-,24+,25+,26+/m0/s1. The quantitative estimate of drug-likeness (QED) is 0.176. The van der Waals surface area contributed by atoms with Crippen molar-refractivity contribution in [1.82, 2.24) is 0 Å². The highest BCUT2D eigenvalue weighted by molar-refractivity contribution is 4.88. The molecule has 4 atom stereocenters. The summed E-state index contributed by atoms with van der Waals surface area (Å²) in [7, 11) is 0. The Morgan fingerprint density at radius 1 is 0.774 bits per heavy atom. The monoisotopic (exact) mass is 442 g/mol. The molecule has 1 rings (SSSR count). The van der Waals surface area contributed by atoms with Crippen LogP contribution in [0.5, 0.6) is 0 Å². The Kier molecular flexibility index (Phi) is 18.6. The third-order valence-corrected chi connectivity index (χ3v) is 6.24. The van der Waals surface area contributed by atoms with Gasteiger partial charge in [-0.25, -0.2) is 0 Å². The third-order valence-electron chi connectivity index (χ3n) is 6.24. The van der Waals surface area contributed by atoms with Crippen molar-refractivity contribution in [2.45, 2.75) is 134 Å². The Labute approximate surface area is 191 Å². The lowest BCUT2D eigenvalue weighted by Gasteiger charge is -2.37. The minimum Gasteiger partial charge on any atom is -0.394 e. The lowest BCUT2D eigenvalue weighted by atomic mass is 10.0. The van der Waals surface area contributed by atoms with Gasteiger partial charge in [0.25, 0.3) is 0 Å². The number of ether oxygens (including phenoxy) is 2. The van der Waals surface area contributed by atoms with E-state index in [0.717, 1.165) is 12.8 Å². The minimum atomic E-state index is -0.992. The molecular formula is C26H50O5. The summed E-state index contributed by atoms with van der Waals surface area (Å²) < 4.78 is 10.8. The van der Waals surface area contributed by atoms with Crippen LogP contribution in [-0.4, -0.2) is 59.6 Å². The van der Waals surface area contributed by atoms with E-state index in [2.05, 4.69) is 19.1 Å². The van der Waals surface area contributed by atoms with Crippen LogP contribution in [0.3, 0.4) is 0 Å². The second-order valence-corrected chi connectivity index (χ2v) is 9.09.